The molecule has 4 nitrogen and oxygen atoms in total. The first-order chi connectivity index (χ1) is 8.33. The minimum Gasteiger partial charge on any atom is -0.492 e. The van der Waals surface area contributed by atoms with Crippen molar-refractivity contribution in [2.24, 2.45) is 0 Å². The second-order valence-electron chi connectivity index (χ2n) is 3.43. The number of nitrogens with one attached hydrogen (secondary N) is 2. The summed E-state index contributed by atoms with van der Waals surface area (Å²) >= 11 is 0. The van der Waals surface area contributed by atoms with Crippen LogP contribution < -0.4 is 15.4 Å². The first-order valence-corrected chi connectivity index (χ1v) is 5.59. The standard InChI is InChI=1S/C13H18N2O2/c1-2-8-14-11-13(16)15-9-10-17-12-6-4-3-5-7-12/h2-7,14H,1,8-11H2,(H,15,16). The monoisotopic (exact) mass is 234 g/mol. The number of hydrogen-bond acceptors (Lipinski definition) is 3. The number of carbonyl (C=O) groups is 1. The topological polar surface area (TPSA) is 50.4 Å². The molecule has 0 atom stereocenters. The smallest absolute Gasteiger partial charge is 0.234 e. The summed E-state index contributed by atoms with van der Waals surface area (Å²) in [5.74, 6) is 0.773. The zero-order valence-electron chi connectivity index (χ0n) is 9.82. The summed E-state index contributed by atoms with van der Waals surface area (Å²) in [5, 5.41) is 5.67. The van der Waals surface area contributed by atoms with E-state index in [9.17, 15) is 4.79 Å². The molecule has 1 aromatic rings. The lowest BCUT2D eigenvalue weighted by Crippen LogP contribution is -2.36. The highest BCUT2D eigenvalue weighted by Gasteiger charge is 1.98. The quantitative estimate of drug-likeness (QED) is 0.520. The third kappa shape index (κ3) is 6.37. The van der Waals surface area contributed by atoms with Crippen LogP contribution in [0.2, 0.25) is 0 Å². The molecule has 1 rings (SSSR count). The van der Waals surface area contributed by atoms with Gasteiger partial charge in [-0.25, -0.2) is 0 Å². The van der Waals surface area contributed by atoms with Crippen LogP contribution in [0.3, 0.4) is 0 Å². The zero-order valence-corrected chi connectivity index (χ0v) is 9.82. The molecule has 0 bridgehead atoms. The molecule has 0 aliphatic rings. The van der Waals surface area contributed by atoms with E-state index in [2.05, 4.69) is 17.2 Å². The zero-order chi connectivity index (χ0) is 12.3. The molecule has 92 valence electrons. The number of ether oxygens (including phenoxy) is 1. The van der Waals surface area contributed by atoms with E-state index in [0.717, 1.165) is 5.75 Å². The number of hydrogen-bond donors (Lipinski definition) is 2. The van der Waals surface area contributed by atoms with Crippen molar-refractivity contribution < 1.29 is 9.53 Å². The van der Waals surface area contributed by atoms with Crippen LogP contribution in [0.15, 0.2) is 43.0 Å². The van der Waals surface area contributed by atoms with Gasteiger partial charge in [-0.15, -0.1) is 6.58 Å². The SMILES string of the molecule is C=CCNCC(=O)NCCOc1ccccc1. The van der Waals surface area contributed by atoms with E-state index in [1.807, 2.05) is 30.3 Å². The van der Waals surface area contributed by atoms with Crippen molar-refractivity contribution in [3.05, 3.63) is 43.0 Å². The molecular weight excluding hydrogens is 216 g/mol. The van der Waals surface area contributed by atoms with Gasteiger partial charge >= 0.3 is 0 Å². The molecule has 0 radical (unpaired) electrons. The van der Waals surface area contributed by atoms with Gasteiger partial charge in [0.05, 0.1) is 13.1 Å². The largest absolute Gasteiger partial charge is 0.492 e. The fraction of sp³-hybridized carbons (Fsp3) is 0.308. The predicted octanol–water partition coefficient (Wildman–Crippen LogP) is 0.957. The second-order valence-corrected chi connectivity index (χ2v) is 3.43. The summed E-state index contributed by atoms with van der Waals surface area (Å²) in [7, 11) is 0. The second kappa shape index (κ2) is 8.35. The van der Waals surface area contributed by atoms with Gasteiger partial charge in [0.25, 0.3) is 0 Å². The van der Waals surface area contributed by atoms with E-state index >= 15 is 0 Å². The third-order valence-corrected chi connectivity index (χ3v) is 2.01. The fourth-order valence-corrected chi connectivity index (χ4v) is 1.23. The van der Waals surface area contributed by atoms with Crippen molar-refractivity contribution >= 4 is 5.91 Å². The molecule has 0 saturated carbocycles. The Balaban J connectivity index is 2.04. The average Bonchev–Trinajstić information content (AvgIpc) is 2.36. The van der Waals surface area contributed by atoms with Crippen LogP contribution in [-0.4, -0.2) is 32.1 Å². The van der Waals surface area contributed by atoms with Crippen molar-refractivity contribution in [2.75, 3.05) is 26.2 Å². The number of benzene rings is 1. The molecule has 0 fully saturated rings. The Kier molecular flexibility index (Phi) is 6.51. The minimum absolute atomic E-state index is 0.0384. The lowest BCUT2D eigenvalue weighted by atomic mass is 10.3. The van der Waals surface area contributed by atoms with Crippen LogP contribution in [0.25, 0.3) is 0 Å². The maximum atomic E-state index is 11.3. The van der Waals surface area contributed by atoms with Crippen LogP contribution in [0, 0.1) is 0 Å². The molecule has 1 amide bonds. The van der Waals surface area contributed by atoms with Gasteiger partial charge in [0.2, 0.25) is 5.91 Å². The van der Waals surface area contributed by atoms with Crippen molar-refractivity contribution in [3.63, 3.8) is 0 Å². The maximum absolute atomic E-state index is 11.3. The van der Waals surface area contributed by atoms with Gasteiger partial charge in [0, 0.05) is 6.54 Å². The summed E-state index contributed by atoms with van der Waals surface area (Å²) in [6.07, 6.45) is 1.71. The van der Waals surface area contributed by atoms with Crippen LogP contribution in [0.4, 0.5) is 0 Å². The molecule has 0 aliphatic heterocycles. The van der Waals surface area contributed by atoms with Gasteiger partial charge in [-0.05, 0) is 12.1 Å². The highest BCUT2D eigenvalue weighted by Crippen LogP contribution is 2.07. The third-order valence-electron chi connectivity index (χ3n) is 2.01. The van der Waals surface area contributed by atoms with E-state index in [1.165, 1.54) is 0 Å². The van der Waals surface area contributed by atoms with Crippen LogP contribution >= 0.6 is 0 Å². The normalized spacial score (nSPS) is 9.65. The molecule has 0 heterocycles. The van der Waals surface area contributed by atoms with Crippen molar-refractivity contribution in [2.45, 2.75) is 0 Å². The number of amides is 1. The Morgan fingerprint density at radius 1 is 1.35 bits per heavy atom. The van der Waals surface area contributed by atoms with Crippen LogP contribution in [0.5, 0.6) is 5.75 Å². The van der Waals surface area contributed by atoms with Gasteiger partial charge in [0.15, 0.2) is 0 Å². The summed E-state index contributed by atoms with van der Waals surface area (Å²) in [6, 6.07) is 9.51. The van der Waals surface area contributed by atoms with Gasteiger partial charge in [-0.3, -0.25) is 4.79 Å². The first kappa shape index (κ1) is 13.3. The van der Waals surface area contributed by atoms with Gasteiger partial charge in [-0.1, -0.05) is 24.3 Å². The van der Waals surface area contributed by atoms with E-state index in [0.29, 0.717) is 26.2 Å². The Bertz CT molecular complexity index is 339. The van der Waals surface area contributed by atoms with Gasteiger partial charge in [-0.2, -0.15) is 0 Å². The molecule has 0 aliphatic carbocycles. The van der Waals surface area contributed by atoms with Gasteiger partial charge < -0.3 is 15.4 Å². The fourth-order valence-electron chi connectivity index (χ4n) is 1.23. The Morgan fingerprint density at radius 3 is 2.82 bits per heavy atom. The van der Waals surface area contributed by atoms with E-state index < -0.39 is 0 Å². The molecule has 4 heteroatoms. The lowest BCUT2D eigenvalue weighted by molar-refractivity contribution is -0.120. The lowest BCUT2D eigenvalue weighted by Gasteiger charge is -2.07. The molecule has 2 N–H and O–H groups in total. The maximum Gasteiger partial charge on any atom is 0.234 e. The van der Waals surface area contributed by atoms with E-state index in [1.54, 1.807) is 6.08 Å². The molecule has 0 aromatic heterocycles. The summed E-state index contributed by atoms with van der Waals surface area (Å²) in [5.41, 5.74) is 0. The molecule has 0 spiro atoms. The number of para-hydroxylation sites is 1. The number of carbonyl (C=O) groups excluding carboxylic acids is 1. The minimum atomic E-state index is -0.0384. The van der Waals surface area contributed by atoms with Crippen molar-refractivity contribution in [1.82, 2.24) is 10.6 Å². The molecule has 0 unspecified atom stereocenters. The van der Waals surface area contributed by atoms with E-state index in [4.69, 9.17) is 4.74 Å². The summed E-state index contributed by atoms with van der Waals surface area (Å²) in [4.78, 5) is 11.3. The Morgan fingerprint density at radius 2 is 2.12 bits per heavy atom. The average molecular weight is 234 g/mol. The Hall–Kier alpha value is -1.81. The Labute approximate surface area is 102 Å². The highest BCUT2D eigenvalue weighted by molar-refractivity contribution is 5.77. The predicted molar refractivity (Wildman–Crippen MR) is 68.0 cm³/mol. The van der Waals surface area contributed by atoms with Crippen LogP contribution in [-0.2, 0) is 4.79 Å². The van der Waals surface area contributed by atoms with Gasteiger partial charge in [0.1, 0.15) is 12.4 Å². The number of rotatable bonds is 8. The summed E-state index contributed by atoms with van der Waals surface area (Å²) < 4.78 is 5.43. The van der Waals surface area contributed by atoms with Crippen LogP contribution in [0.1, 0.15) is 0 Å². The molecule has 1 aromatic carbocycles. The molecule has 0 saturated heterocycles. The molecule has 17 heavy (non-hydrogen) atoms. The highest BCUT2D eigenvalue weighted by atomic mass is 16.5. The molecular formula is C13H18N2O2. The van der Waals surface area contributed by atoms with Crippen molar-refractivity contribution in [1.29, 1.82) is 0 Å². The van der Waals surface area contributed by atoms with Crippen molar-refractivity contribution in [3.8, 4) is 5.75 Å². The first-order valence-electron chi connectivity index (χ1n) is 5.59. The van der Waals surface area contributed by atoms with E-state index in [-0.39, 0.29) is 5.91 Å². The summed E-state index contributed by atoms with van der Waals surface area (Å²) in [6.45, 7) is 5.46.